The molecule has 0 saturated carbocycles. The summed E-state index contributed by atoms with van der Waals surface area (Å²) in [6.45, 7) is 6.17. The minimum atomic E-state index is -0.556. The summed E-state index contributed by atoms with van der Waals surface area (Å²) in [5.74, 6) is -0.194. The van der Waals surface area contributed by atoms with Gasteiger partial charge in [0.1, 0.15) is 11.3 Å². The summed E-state index contributed by atoms with van der Waals surface area (Å²) in [6.07, 6.45) is 3.16. The van der Waals surface area contributed by atoms with Crippen molar-refractivity contribution in [3.63, 3.8) is 0 Å². The molecule has 0 fully saturated rings. The van der Waals surface area contributed by atoms with Crippen LogP contribution < -0.4 is 10.2 Å². The standard InChI is InChI=1S/C19H24BrClN4O3/c1-19(2,3)28-18(27)23-8-5-9-25(15-7-6-13(21)10-14(15)20)17(26)16-11-22-12-24(16)4/h6-7,10-12H,5,8-9H2,1-4H3,(H,23,27). The van der Waals surface area contributed by atoms with Gasteiger partial charge in [0.2, 0.25) is 0 Å². The number of alkyl carbamates (subject to hydrolysis) is 1. The number of carbonyl (C=O) groups excluding carboxylic acids is 2. The number of nitrogens with one attached hydrogen (secondary N) is 1. The number of rotatable bonds is 6. The third-order valence-electron chi connectivity index (χ3n) is 3.71. The van der Waals surface area contributed by atoms with Crippen LogP contribution in [0.15, 0.2) is 35.2 Å². The number of imidazole rings is 1. The van der Waals surface area contributed by atoms with Crippen LogP contribution in [0, 0.1) is 0 Å². The van der Waals surface area contributed by atoms with Gasteiger partial charge in [0.15, 0.2) is 0 Å². The van der Waals surface area contributed by atoms with Crippen LogP contribution >= 0.6 is 27.5 Å². The third-order valence-corrected chi connectivity index (χ3v) is 4.58. The second-order valence-electron chi connectivity index (χ2n) is 7.22. The summed E-state index contributed by atoms with van der Waals surface area (Å²) >= 11 is 9.50. The molecule has 152 valence electrons. The Kier molecular flexibility index (Phi) is 7.48. The molecule has 2 aromatic rings. The van der Waals surface area contributed by atoms with Crippen LogP contribution in [0.25, 0.3) is 0 Å². The van der Waals surface area contributed by atoms with Crippen molar-refractivity contribution in [2.75, 3.05) is 18.0 Å². The number of anilines is 1. The number of carbonyl (C=O) groups is 2. The number of halogens is 2. The smallest absolute Gasteiger partial charge is 0.407 e. The molecule has 0 unspecified atom stereocenters. The summed E-state index contributed by atoms with van der Waals surface area (Å²) < 4.78 is 7.59. The van der Waals surface area contributed by atoms with Gasteiger partial charge in [-0.25, -0.2) is 9.78 Å². The first-order valence-electron chi connectivity index (χ1n) is 8.78. The second kappa shape index (κ2) is 9.43. The van der Waals surface area contributed by atoms with Crippen LogP contribution in [0.3, 0.4) is 0 Å². The molecule has 0 bridgehead atoms. The molecule has 0 radical (unpaired) electrons. The molecule has 1 heterocycles. The van der Waals surface area contributed by atoms with Crippen molar-refractivity contribution in [3.8, 4) is 0 Å². The average molecular weight is 472 g/mol. The first-order valence-corrected chi connectivity index (χ1v) is 9.95. The Morgan fingerprint density at radius 2 is 2.07 bits per heavy atom. The van der Waals surface area contributed by atoms with E-state index in [0.717, 1.165) is 0 Å². The van der Waals surface area contributed by atoms with E-state index in [1.165, 1.54) is 6.20 Å². The van der Waals surface area contributed by atoms with Gasteiger partial charge in [-0.1, -0.05) is 11.6 Å². The zero-order valence-corrected chi connectivity index (χ0v) is 18.7. The maximum Gasteiger partial charge on any atom is 0.407 e. The van der Waals surface area contributed by atoms with Crippen LogP contribution in [-0.2, 0) is 11.8 Å². The molecule has 2 amide bonds. The predicted molar refractivity (Wildman–Crippen MR) is 113 cm³/mol. The number of ether oxygens (including phenoxy) is 1. The lowest BCUT2D eigenvalue weighted by Crippen LogP contribution is -2.37. The Morgan fingerprint density at radius 1 is 1.36 bits per heavy atom. The molecule has 2 rings (SSSR count). The van der Waals surface area contributed by atoms with E-state index in [-0.39, 0.29) is 5.91 Å². The van der Waals surface area contributed by atoms with Crippen LogP contribution in [0.4, 0.5) is 10.5 Å². The molecular formula is C19H24BrClN4O3. The third kappa shape index (κ3) is 6.24. The van der Waals surface area contributed by atoms with E-state index in [1.807, 2.05) is 0 Å². The van der Waals surface area contributed by atoms with Crippen molar-refractivity contribution >= 4 is 45.2 Å². The van der Waals surface area contributed by atoms with E-state index in [9.17, 15) is 9.59 Å². The van der Waals surface area contributed by atoms with Gasteiger partial charge in [0, 0.05) is 29.6 Å². The topological polar surface area (TPSA) is 76.5 Å². The normalized spacial score (nSPS) is 11.2. The zero-order chi connectivity index (χ0) is 20.9. The lowest BCUT2D eigenvalue weighted by molar-refractivity contribution is 0.0527. The Balaban J connectivity index is 2.10. The van der Waals surface area contributed by atoms with E-state index < -0.39 is 11.7 Å². The molecule has 0 aliphatic carbocycles. The van der Waals surface area contributed by atoms with E-state index in [4.69, 9.17) is 16.3 Å². The van der Waals surface area contributed by atoms with Gasteiger partial charge in [-0.05, 0) is 61.3 Å². The Labute approximate surface area is 178 Å². The van der Waals surface area contributed by atoms with E-state index in [1.54, 1.807) is 61.8 Å². The molecule has 1 aromatic carbocycles. The molecule has 0 aliphatic rings. The molecule has 0 atom stereocenters. The van der Waals surface area contributed by atoms with Crippen molar-refractivity contribution in [2.45, 2.75) is 32.8 Å². The molecular weight excluding hydrogens is 448 g/mol. The van der Waals surface area contributed by atoms with Crippen molar-refractivity contribution in [1.29, 1.82) is 0 Å². The van der Waals surface area contributed by atoms with E-state index in [0.29, 0.717) is 40.4 Å². The zero-order valence-electron chi connectivity index (χ0n) is 16.3. The Bertz CT molecular complexity index is 848. The van der Waals surface area contributed by atoms with Crippen molar-refractivity contribution in [1.82, 2.24) is 14.9 Å². The summed E-state index contributed by atoms with van der Waals surface area (Å²) in [5.41, 5.74) is 0.592. The molecule has 1 N–H and O–H groups in total. The molecule has 0 aliphatic heterocycles. The number of benzene rings is 1. The van der Waals surface area contributed by atoms with Gasteiger partial charge in [0.05, 0.1) is 18.2 Å². The molecule has 9 heteroatoms. The van der Waals surface area contributed by atoms with Crippen molar-refractivity contribution in [2.24, 2.45) is 7.05 Å². The summed E-state index contributed by atoms with van der Waals surface area (Å²) in [4.78, 5) is 30.5. The van der Waals surface area contributed by atoms with Crippen molar-refractivity contribution < 1.29 is 14.3 Å². The van der Waals surface area contributed by atoms with Gasteiger partial charge < -0.3 is 19.5 Å². The van der Waals surface area contributed by atoms with Crippen LogP contribution in [-0.4, -0.2) is 40.2 Å². The monoisotopic (exact) mass is 470 g/mol. The number of hydrogen-bond donors (Lipinski definition) is 1. The van der Waals surface area contributed by atoms with Gasteiger partial charge in [-0.3, -0.25) is 4.79 Å². The number of nitrogens with zero attached hydrogens (tertiary/aromatic N) is 3. The molecule has 0 spiro atoms. The van der Waals surface area contributed by atoms with E-state index in [2.05, 4.69) is 26.2 Å². The largest absolute Gasteiger partial charge is 0.444 e. The molecule has 0 saturated heterocycles. The minimum Gasteiger partial charge on any atom is -0.444 e. The van der Waals surface area contributed by atoms with Gasteiger partial charge in [-0.15, -0.1) is 0 Å². The number of amides is 2. The highest BCUT2D eigenvalue weighted by Crippen LogP contribution is 2.30. The fourth-order valence-corrected chi connectivity index (χ4v) is 3.37. The van der Waals surface area contributed by atoms with Gasteiger partial charge >= 0.3 is 6.09 Å². The summed E-state index contributed by atoms with van der Waals surface area (Å²) in [7, 11) is 1.76. The fourth-order valence-electron chi connectivity index (χ4n) is 2.47. The first kappa shape index (κ1) is 22.2. The highest BCUT2D eigenvalue weighted by atomic mass is 79.9. The highest BCUT2D eigenvalue weighted by Gasteiger charge is 2.22. The Hall–Kier alpha value is -2.06. The molecule has 28 heavy (non-hydrogen) atoms. The minimum absolute atomic E-state index is 0.194. The molecule has 7 nitrogen and oxygen atoms in total. The number of hydrogen-bond acceptors (Lipinski definition) is 4. The van der Waals surface area contributed by atoms with Gasteiger partial charge in [-0.2, -0.15) is 0 Å². The summed E-state index contributed by atoms with van der Waals surface area (Å²) in [6, 6.07) is 5.24. The van der Waals surface area contributed by atoms with Crippen LogP contribution in [0.1, 0.15) is 37.7 Å². The quantitative estimate of drug-likeness (QED) is 0.634. The second-order valence-corrected chi connectivity index (χ2v) is 8.52. The maximum atomic E-state index is 13.1. The molecule has 1 aromatic heterocycles. The van der Waals surface area contributed by atoms with Crippen LogP contribution in [0.2, 0.25) is 5.02 Å². The lowest BCUT2D eigenvalue weighted by Gasteiger charge is -2.24. The number of aromatic nitrogens is 2. The van der Waals surface area contributed by atoms with E-state index >= 15 is 0 Å². The maximum absolute atomic E-state index is 13.1. The number of aryl methyl sites for hydroxylation is 1. The average Bonchev–Trinajstić information content (AvgIpc) is 3.00. The first-order chi connectivity index (χ1) is 13.1. The lowest BCUT2D eigenvalue weighted by atomic mass is 10.2. The predicted octanol–water partition coefficient (Wildman–Crippen LogP) is 4.40. The van der Waals surface area contributed by atoms with Gasteiger partial charge in [0.25, 0.3) is 5.91 Å². The summed E-state index contributed by atoms with van der Waals surface area (Å²) in [5, 5.41) is 3.27. The Morgan fingerprint density at radius 3 is 2.64 bits per heavy atom. The SMILES string of the molecule is Cn1cncc1C(=O)N(CCCNC(=O)OC(C)(C)C)c1ccc(Cl)cc1Br. The van der Waals surface area contributed by atoms with Crippen molar-refractivity contribution in [3.05, 3.63) is 45.9 Å². The highest BCUT2D eigenvalue weighted by molar-refractivity contribution is 9.10. The fraction of sp³-hybridized carbons (Fsp3) is 0.421. The van der Waals surface area contributed by atoms with Crippen LogP contribution in [0.5, 0.6) is 0 Å².